The third-order valence-electron chi connectivity index (χ3n) is 4.98. The number of hydrogen-bond donors (Lipinski definition) is 0. The lowest BCUT2D eigenvalue weighted by Gasteiger charge is -2.19. The van der Waals surface area contributed by atoms with Crippen molar-refractivity contribution in [3.63, 3.8) is 0 Å². The first-order valence-corrected chi connectivity index (χ1v) is 9.35. The standard InChI is InChI=1S/C22H24N2O4/c1-13-9-15(25-3)11-17(19(13)21-23-5-7-27-21)18-12-16(26-4)10-14(2)20(18)22-24-6-8-28-22/h9-12H,5-8H2,1-4H3. The Labute approximate surface area is 164 Å². The van der Waals surface area contributed by atoms with E-state index in [2.05, 4.69) is 9.98 Å². The molecule has 0 N–H and O–H groups in total. The molecule has 2 aliphatic heterocycles. The molecule has 2 heterocycles. The van der Waals surface area contributed by atoms with Crippen LogP contribution in [0.2, 0.25) is 0 Å². The van der Waals surface area contributed by atoms with Crippen LogP contribution < -0.4 is 9.47 Å². The molecule has 0 bridgehead atoms. The van der Waals surface area contributed by atoms with Gasteiger partial charge in [-0.1, -0.05) is 0 Å². The zero-order chi connectivity index (χ0) is 19.7. The number of ether oxygens (including phenoxy) is 4. The summed E-state index contributed by atoms with van der Waals surface area (Å²) in [6.45, 7) is 6.61. The van der Waals surface area contributed by atoms with Crippen molar-refractivity contribution in [2.24, 2.45) is 9.98 Å². The summed E-state index contributed by atoms with van der Waals surface area (Å²) in [6, 6.07) is 8.03. The van der Waals surface area contributed by atoms with Gasteiger partial charge in [-0.25, -0.2) is 9.98 Å². The zero-order valence-electron chi connectivity index (χ0n) is 16.7. The van der Waals surface area contributed by atoms with Crippen molar-refractivity contribution in [3.05, 3.63) is 46.5 Å². The van der Waals surface area contributed by atoms with Crippen molar-refractivity contribution in [3.8, 4) is 22.6 Å². The summed E-state index contributed by atoms with van der Waals surface area (Å²) in [4.78, 5) is 9.12. The molecule has 2 aromatic carbocycles. The fourth-order valence-corrected chi connectivity index (χ4v) is 3.71. The largest absolute Gasteiger partial charge is 0.497 e. The van der Waals surface area contributed by atoms with Crippen LogP contribution in [-0.2, 0) is 9.47 Å². The lowest BCUT2D eigenvalue weighted by molar-refractivity contribution is 0.347. The third kappa shape index (κ3) is 3.19. The maximum Gasteiger partial charge on any atom is 0.217 e. The predicted molar refractivity (Wildman–Crippen MR) is 109 cm³/mol. The van der Waals surface area contributed by atoms with Gasteiger partial charge >= 0.3 is 0 Å². The highest BCUT2D eigenvalue weighted by atomic mass is 16.5. The van der Waals surface area contributed by atoms with E-state index in [1.54, 1.807) is 14.2 Å². The van der Waals surface area contributed by atoms with Gasteiger partial charge in [0.05, 0.1) is 27.3 Å². The van der Waals surface area contributed by atoms with Crippen molar-refractivity contribution in [1.29, 1.82) is 0 Å². The van der Waals surface area contributed by atoms with E-state index in [0.717, 1.165) is 44.9 Å². The van der Waals surface area contributed by atoms with Crippen LogP contribution in [0.3, 0.4) is 0 Å². The molecule has 0 amide bonds. The van der Waals surface area contributed by atoms with Gasteiger partial charge in [0, 0.05) is 11.1 Å². The molecule has 0 aliphatic carbocycles. The zero-order valence-corrected chi connectivity index (χ0v) is 16.7. The molecule has 6 heteroatoms. The van der Waals surface area contributed by atoms with Crippen LogP contribution >= 0.6 is 0 Å². The summed E-state index contributed by atoms with van der Waals surface area (Å²) >= 11 is 0. The molecule has 0 saturated heterocycles. The second-order valence-corrected chi connectivity index (χ2v) is 6.80. The van der Waals surface area contributed by atoms with Crippen molar-refractivity contribution < 1.29 is 18.9 Å². The predicted octanol–water partition coefficient (Wildman–Crippen LogP) is 3.54. The van der Waals surface area contributed by atoms with Gasteiger partial charge in [0.2, 0.25) is 11.8 Å². The van der Waals surface area contributed by atoms with Crippen molar-refractivity contribution >= 4 is 11.8 Å². The minimum absolute atomic E-state index is 0.597. The Morgan fingerprint density at radius 2 is 1.14 bits per heavy atom. The van der Waals surface area contributed by atoms with Gasteiger partial charge in [-0.15, -0.1) is 0 Å². The lowest BCUT2D eigenvalue weighted by atomic mass is 9.89. The molecule has 0 radical (unpaired) electrons. The van der Waals surface area contributed by atoms with Crippen LogP contribution in [0, 0.1) is 13.8 Å². The number of rotatable bonds is 5. The monoisotopic (exact) mass is 380 g/mol. The fraction of sp³-hybridized carbons (Fsp3) is 0.364. The fourth-order valence-electron chi connectivity index (χ4n) is 3.71. The normalized spacial score (nSPS) is 15.6. The van der Waals surface area contributed by atoms with Crippen LogP contribution in [-0.4, -0.2) is 52.3 Å². The minimum atomic E-state index is 0.597. The first kappa shape index (κ1) is 18.3. The second-order valence-electron chi connectivity index (χ2n) is 6.80. The summed E-state index contributed by atoms with van der Waals surface area (Å²) in [5.74, 6) is 2.87. The third-order valence-corrected chi connectivity index (χ3v) is 4.98. The lowest BCUT2D eigenvalue weighted by Crippen LogP contribution is -2.11. The van der Waals surface area contributed by atoms with E-state index in [1.807, 2.05) is 38.1 Å². The van der Waals surface area contributed by atoms with Crippen LogP contribution in [0.25, 0.3) is 11.1 Å². The summed E-state index contributed by atoms with van der Waals surface area (Å²) < 4.78 is 22.8. The highest BCUT2D eigenvalue weighted by Gasteiger charge is 2.25. The van der Waals surface area contributed by atoms with E-state index in [-0.39, 0.29) is 0 Å². The molecule has 0 fully saturated rings. The van der Waals surface area contributed by atoms with Crippen molar-refractivity contribution in [1.82, 2.24) is 0 Å². The molecule has 0 spiro atoms. The molecule has 0 saturated carbocycles. The number of aliphatic imine (C=N–C) groups is 2. The minimum Gasteiger partial charge on any atom is -0.497 e. The maximum atomic E-state index is 5.82. The first-order valence-electron chi connectivity index (χ1n) is 9.35. The van der Waals surface area contributed by atoms with Gasteiger partial charge in [0.15, 0.2) is 0 Å². The molecule has 28 heavy (non-hydrogen) atoms. The Bertz CT molecular complexity index is 899. The van der Waals surface area contributed by atoms with E-state index in [1.165, 1.54) is 0 Å². The maximum absolute atomic E-state index is 5.82. The van der Waals surface area contributed by atoms with E-state index >= 15 is 0 Å². The van der Waals surface area contributed by atoms with Crippen LogP contribution in [0.15, 0.2) is 34.3 Å². The van der Waals surface area contributed by atoms with E-state index in [4.69, 9.17) is 18.9 Å². The van der Waals surface area contributed by atoms with Gasteiger partial charge in [0.25, 0.3) is 0 Å². The van der Waals surface area contributed by atoms with E-state index in [9.17, 15) is 0 Å². The Hall–Kier alpha value is -3.02. The first-order chi connectivity index (χ1) is 13.6. The highest BCUT2D eigenvalue weighted by molar-refractivity contribution is 6.08. The number of hydrogen-bond acceptors (Lipinski definition) is 6. The molecule has 2 aliphatic rings. The van der Waals surface area contributed by atoms with Crippen molar-refractivity contribution in [2.75, 3.05) is 40.5 Å². The molecule has 0 aromatic heterocycles. The summed E-state index contributed by atoms with van der Waals surface area (Å²) in [5.41, 5.74) is 5.93. The number of benzene rings is 2. The van der Waals surface area contributed by atoms with Gasteiger partial charge < -0.3 is 18.9 Å². The number of methoxy groups -OCH3 is 2. The van der Waals surface area contributed by atoms with Crippen molar-refractivity contribution in [2.45, 2.75) is 13.8 Å². The molecule has 146 valence electrons. The summed E-state index contributed by atoms with van der Waals surface area (Å²) in [5, 5.41) is 0. The topological polar surface area (TPSA) is 61.6 Å². The van der Waals surface area contributed by atoms with Crippen LogP contribution in [0.4, 0.5) is 0 Å². The highest BCUT2D eigenvalue weighted by Crippen LogP contribution is 2.38. The van der Waals surface area contributed by atoms with Gasteiger partial charge in [0.1, 0.15) is 24.7 Å². The molecule has 0 atom stereocenters. The molecular weight excluding hydrogens is 356 g/mol. The van der Waals surface area contributed by atoms with Gasteiger partial charge in [-0.05, 0) is 60.4 Å². The van der Waals surface area contributed by atoms with Gasteiger partial charge in [-0.2, -0.15) is 0 Å². The summed E-state index contributed by atoms with van der Waals surface area (Å²) in [7, 11) is 3.34. The number of nitrogens with zero attached hydrogens (tertiary/aromatic N) is 2. The Kier molecular flexibility index (Phi) is 4.94. The van der Waals surface area contributed by atoms with Crippen LogP contribution in [0.1, 0.15) is 22.3 Å². The quantitative estimate of drug-likeness (QED) is 0.796. The molecule has 0 unspecified atom stereocenters. The molecule has 6 nitrogen and oxygen atoms in total. The van der Waals surface area contributed by atoms with Gasteiger partial charge in [-0.3, -0.25) is 0 Å². The molecule has 2 aromatic rings. The Morgan fingerprint density at radius 3 is 1.46 bits per heavy atom. The van der Waals surface area contributed by atoms with E-state index in [0.29, 0.717) is 38.1 Å². The number of aryl methyl sites for hydroxylation is 2. The average molecular weight is 380 g/mol. The average Bonchev–Trinajstić information content (AvgIpc) is 3.40. The Balaban J connectivity index is 2.03. The Morgan fingerprint density at radius 1 is 0.714 bits per heavy atom. The molecular formula is C22H24N2O4. The summed E-state index contributed by atoms with van der Waals surface area (Å²) in [6.07, 6.45) is 0. The SMILES string of the molecule is COc1cc(C)c(C2=NCCO2)c(-c2cc(OC)cc(C)c2C2=NCCO2)c1. The van der Waals surface area contributed by atoms with E-state index < -0.39 is 0 Å². The smallest absolute Gasteiger partial charge is 0.217 e. The molecule has 4 rings (SSSR count). The van der Waals surface area contributed by atoms with Crippen LogP contribution in [0.5, 0.6) is 11.5 Å². The second kappa shape index (κ2) is 7.54.